The van der Waals surface area contributed by atoms with Crippen LogP contribution in [-0.2, 0) is 4.79 Å². The monoisotopic (exact) mass is 276 g/mol. The molecule has 1 aromatic rings. The van der Waals surface area contributed by atoms with Crippen LogP contribution in [0.1, 0.15) is 51.5 Å². The van der Waals surface area contributed by atoms with Crippen LogP contribution in [0.4, 0.5) is 0 Å². The van der Waals surface area contributed by atoms with E-state index in [0.29, 0.717) is 6.61 Å². The number of hydrogen-bond acceptors (Lipinski definition) is 2. The van der Waals surface area contributed by atoms with E-state index in [-0.39, 0.29) is 17.3 Å². The number of benzene rings is 1. The van der Waals surface area contributed by atoms with Crippen molar-refractivity contribution in [1.82, 2.24) is 0 Å². The van der Waals surface area contributed by atoms with E-state index in [1.54, 1.807) is 0 Å². The molecule has 2 unspecified atom stereocenters. The zero-order chi connectivity index (χ0) is 14.8. The van der Waals surface area contributed by atoms with Gasteiger partial charge >= 0.3 is 5.97 Å². The fourth-order valence-electron chi connectivity index (χ4n) is 3.28. The summed E-state index contributed by atoms with van der Waals surface area (Å²) in [4.78, 5) is 11.6. The minimum absolute atomic E-state index is 0.0407. The van der Waals surface area contributed by atoms with Crippen LogP contribution < -0.4 is 4.74 Å². The van der Waals surface area contributed by atoms with Crippen LogP contribution in [0, 0.1) is 11.3 Å². The second kappa shape index (κ2) is 5.86. The quantitative estimate of drug-likeness (QED) is 0.901. The molecule has 1 fully saturated rings. The lowest BCUT2D eigenvalue weighted by Gasteiger charge is -2.39. The van der Waals surface area contributed by atoms with Crippen LogP contribution in [0.2, 0.25) is 0 Å². The second-order valence-corrected chi connectivity index (χ2v) is 6.43. The molecule has 1 aliphatic rings. The molecule has 0 spiro atoms. The van der Waals surface area contributed by atoms with Gasteiger partial charge < -0.3 is 9.84 Å². The van der Waals surface area contributed by atoms with Gasteiger partial charge in [-0.25, -0.2) is 0 Å². The predicted molar refractivity (Wildman–Crippen MR) is 79.1 cm³/mol. The second-order valence-electron chi connectivity index (χ2n) is 6.43. The number of para-hydroxylation sites is 1. The van der Waals surface area contributed by atoms with E-state index >= 15 is 0 Å². The van der Waals surface area contributed by atoms with Gasteiger partial charge in [-0.1, -0.05) is 32.0 Å². The first-order valence-electron chi connectivity index (χ1n) is 7.39. The highest BCUT2D eigenvalue weighted by Gasteiger charge is 2.40. The molecule has 3 heteroatoms. The number of hydrogen-bond donors (Lipinski definition) is 1. The summed E-state index contributed by atoms with van der Waals surface area (Å²) in [5.74, 6) is -0.107. The summed E-state index contributed by atoms with van der Waals surface area (Å²) in [5, 5.41) is 9.52. The Bertz CT molecular complexity index is 479. The summed E-state index contributed by atoms with van der Waals surface area (Å²) >= 11 is 0. The van der Waals surface area contributed by atoms with Crippen molar-refractivity contribution in [3.05, 3.63) is 29.8 Å². The lowest BCUT2D eigenvalue weighted by atomic mass is 9.65. The third-order valence-electron chi connectivity index (χ3n) is 4.33. The number of carbonyl (C=O) groups is 1. The van der Waals surface area contributed by atoms with Crippen LogP contribution >= 0.6 is 0 Å². The van der Waals surface area contributed by atoms with Crippen molar-refractivity contribution < 1.29 is 14.6 Å². The predicted octanol–water partition coefficient (Wildman–Crippen LogP) is 4.08. The molecule has 0 bridgehead atoms. The van der Waals surface area contributed by atoms with Crippen molar-refractivity contribution in [1.29, 1.82) is 0 Å². The highest BCUT2D eigenvalue weighted by Crippen LogP contribution is 2.48. The number of carboxylic acid groups (broad SMARTS) is 1. The summed E-state index contributed by atoms with van der Waals surface area (Å²) < 4.78 is 5.69. The molecule has 2 atom stereocenters. The van der Waals surface area contributed by atoms with Gasteiger partial charge in [0, 0.05) is 5.92 Å². The number of rotatable bonds is 4. The molecule has 0 amide bonds. The standard InChI is InChI=1S/C17H24O3/c1-4-20-15-8-6-5-7-12(15)14-11-17(2,3)10-9-13(14)16(18)19/h5-8,13-14H,4,9-11H2,1-3H3,(H,18,19). The summed E-state index contributed by atoms with van der Waals surface area (Å²) in [7, 11) is 0. The molecule has 0 radical (unpaired) electrons. The van der Waals surface area contributed by atoms with Crippen LogP contribution in [0.15, 0.2) is 24.3 Å². The van der Waals surface area contributed by atoms with Crippen molar-refractivity contribution >= 4 is 5.97 Å². The normalized spacial score (nSPS) is 25.1. The Labute approximate surface area is 121 Å². The molecule has 0 heterocycles. The van der Waals surface area contributed by atoms with Gasteiger partial charge in [-0.05, 0) is 43.2 Å². The van der Waals surface area contributed by atoms with Gasteiger partial charge in [0.05, 0.1) is 12.5 Å². The molecule has 110 valence electrons. The maximum absolute atomic E-state index is 11.6. The molecule has 0 aliphatic heterocycles. The molecular weight excluding hydrogens is 252 g/mol. The van der Waals surface area contributed by atoms with Crippen molar-refractivity contribution in [3.8, 4) is 5.75 Å². The van der Waals surface area contributed by atoms with E-state index in [4.69, 9.17) is 4.74 Å². The zero-order valence-electron chi connectivity index (χ0n) is 12.6. The Kier molecular flexibility index (Phi) is 4.36. The van der Waals surface area contributed by atoms with E-state index in [9.17, 15) is 9.90 Å². The third-order valence-corrected chi connectivity index (χ3v) is 4.33. The van der Waals surface area contributed by atoms with Gasteiger partial charge in [-0.3, -0.25) is 4.79 Å². The highest BCUT2D eigenvalue weighted by atomic mass is 16.5. The molecular formula is C17H24O3. The van der Waals surface area contributed by atoms with E-state index in [2.05, 4.69) is 13.8 Å². The maximum Gasteiger partial charge on any atom is 0.307 e. The SMILES string of the molecule is CCOc1ccccc1C1CC(C)(C)CCC1C(=O)O. The lowest BCUT2D eigenvalue weighted by Crippen LogP contribution is -2.33. The van der Waals surface area contributed by atoms with Gasteiger partial charge in [-0.15, -0.1) is 0 Å². The largest absolute Gasteiger partial charge is 0.494 e. The Morgan fingerprint density at radius 3 is 2.75 bits per heavy atom. The molecule has 0 saturated heterocycles. The lowest BCUT2D eigenvalue weighted by molar-refractivity contribution is -0.144. The van der Waals surface area contributed by atoms with Gasteiger partial charge in [-0.2, -0.15) is 0 Å². The molecule has 1 aliphatic carbocycles. The number of aliphatic carboxylic acids is 1. The summed E-state index contributed by atoms with van der Waals surface area (Å²) in [6.45, 7) is 7.00. The highest BCUT2D eigenvalue weighted by molar-refractivity contribution is 5.72. The van der Waals surface area contributed by atoms with Gasteiger partial charge in [0.25, 0.3) is 0 Å². The first-order valence-corrected chi connectivity index (χ1v) is 7.39. The number of carboxylic acids is 1. The molecule has 2 rings (SSSR count). The Balaban J connectivity index is 2.37. The number of ether oxygens (including phenoxy) is 1. The average molecular weight is 276 g/mol. The van der Waals surface area contributed by atoms with Crippen molar-refractivity contribution in [3.63, 3.8) is 0 Å². The van der Waals surface area contributed by atoms with Gasteiger partial charge in [0.15, 0.2) is 0 Å². The summed E-state index contributed by atoms with van der Waals surface area (Å²) in [5.41, 5.74) is 1.24. The third kappa shape index (κ3) is 3.14. The first kappa shape index (κ1) is 14.9. The molecule has 3 nitrogen and oxygen atoms in total. The van der Waals surface area contributed by atoms with Gasteiger partial charge in [0.1, 0.15) is 5.75 Å². The summed E-state index contributed by atoms with van der Waals surface area (Å²) in [6, 6.07) is 7.88. The van der Waals surface area contributed by atoms with Crippen LogP contribution in [0.3, 0.4) is 0 Å². The smallest absolute Gasteiger partial charge is 0.307 e. The fraction of sp³-hybridized carbons (Fsp3) is 0.588. The Hall–Kier alpha value is -1.51. The molecule has 1 aromatic carbocycles. The minimum Gasteiger partial charge on any atom is -0.494 e. The van der Waals surface area contributed by atoms with Crippen molar-refractivity contribution in [2.75, 3.05) is 6.61 Å². The summed E-state index contributed by atoms with van der Waals surface area (Å²) in [6.07, 6.45) is 2.61. The van der Waals surface area contributed by atoms with E-state index in [0.717, 1.165) is 30.6 Å². The van der Waals surface area contributed by atoms with Crippen LogP contribution in [0.25, 0.3) is 0 Å². The van der Waals surface area contributed by atoms with E-state index in [1.807, 2.05) is 31.2 Å². The topological polar surface area (TPSA) is 46.5 Å². The first-order chi connectivity index (χ1) is 9.44. The Morgan fingerprint density at radius 1 is 1.40 bits per heavy atom. The minimum atomic E-state index is -0.684. The zero-order valence-corrected chi connectivity index (χ0v) is 12.6. The Morgan fingerprint density at radius 2 is 2.10 bits per heavy atom. The van der Waals surface area contributed by atoms with E-state index < -0.39 is 5.97 Å². The van der Waals surface area contributed by atoms with E-state index in [1.165, 1.54) is 0 Å². The molecule has 0 aromatic heterocycles. The van der Waals surface area contributed by atoms with Crippen molar-refractivity contribution in [2.24, 2.45) is 11.3 Å². The van der Waals surface area contributed by atoms with Crippen LogP contribution in [-0.4, -0.2) is 17.7 Å². The molecule has 20 heavy (non-hydrogen) atoms. The molecule has 1 saturated carbocycles. The van der Waals surface area contributed by atoms with Gasteiger partial charge in [0.2, 0.25) is 0 Å². The molecule has 1 N–H and O–H groups in total. The fourth-order valence-corrected chi connectivity index (χ4v) is 3.28. The van der Waals surface area contributed by atoms with Crippen molar-refractivity contribution in [2.45, 2.75) is 46.0 Å². The van der Waals surface area contributed by atoms with Crippen LogP contribution in [0.5, 0.6) is 5.75 Å². The maximum atomic E-state index is 11.6. The average Bonchev–Trinajstić information content (AvgIpc) is 2.38.